The van der Waals surface area contributed by atoms with Crippen molar-refractivity contribution < 1.29 is 19.1 Å². The van der Waals surface area contributed by atoms with E-state index >= 15 is 0 Å². The Hall–Kier alpha value is -2.43. The number of aromatic nitrogens is 1. The number of ether oxygens (including phenoxy) is 2. The van der Waals surface area contributed by atoms with Gasteiger partial charge in [-0.1, -0.05) is 13.2 Å². The lowest BCUT2D eigenvalue weighted by Gasteiger charge is -2.00. The standard InChI is InChI=1S/C11H9NO4/c1-3-15-10(13)8-5-6-9(12-7-8)11(14)16-4-2/h3-7H,1-2H2. The van der Waals surface area contributed by atoms with Crippen LogP contribution in [0.5, 0.6) is 0 Å². The molecule has 0 aliphatic rings. The van der Waals surface area contributed by atoms with Gasteiger partial charge in [-0.05, 0) is 12.1 Å². The molecule has 16 heavy (non-hydrogen) atoms. The van der Waals surface area contributed by atoms with E-state index in [1.54, 1.807) is 0 Å². The molecule has 0 unspecified atom stereocenters. The zero-order valence-electron chi connectivity index (χ0n) is 8.38. The third-order valence-corrected chi connectivity index (χ3v) is 1.59. The smallest absolute Gasteiger partial charge is 0.361 e. The number of pyridine rings is 1. The highest BCUT2D eigenvalue weighted by Gasteiger charge is 2.10. The highest BCUT2D eigenvalue weighted by atomic mass is 16.5. The summed E-state index contributed by atoms with van der Waals surface area (Å²) in [6.45, 7) is 6.49. The topological polar surface area (TPSA) is 65.5 Å². The molecule has 5 heteroatoms. The third-order valence-electron chi connectivity index (χ3n) is 1.59. The van der Waals surface area contributed by atoms with E-state index in [4.69, 9.17) is 0 Å². The minimum absolute atomic E-state index is 0.0788. The molecule has 0 N–H and O–H groups in total. The summed E-state index contributed by atoms with van der Waals surface area (Å²) in [5.41, 5.74) is 0.296. The van der Waals surface area contributed by atoms with Crippen molar-refractivity contribution >= 4 is 11.9 Å². The van der Waals surface area contributed by atoms with Crippen LogP contribution in [0.25, 0.3) is 0 Å². The fraction of sp³-hybridized carbons (Fsp3) is 0. The number of hydrogen-bond donors (Lipinski definition) is 0. The Labute approximate surface area is 92.0 Å². The van der Waals surface area contributed by atoms with Gasteiger partial charge in [-0.2, -0.15) is 0 Å². The molecular weight excluding hydrogens is 210 g/mol. The quantitative estimate of drug-likeness (QED) is 0.569. The molecule has 0 aromatic carbocycles. The molecule has 1 heterocycles. The minimum atomic E-state index is -0.640. The van der Waals surface area contributed by atoms with E-state index in [9.17, 15) is 9.59 Å². The molecule has 0 radical (unpaired) electrons. The summed E-state index contributed by atoms with van der Waals surface area (Å²) in [7, 11) is 0. The monoisotopic (exact) mass is 219 g/mol. The first kappa shape index (κ1) is 11.6. The van der Waals surface area contributed by atoms with Crippen molar-refractivity contribution in [3.05, 3.63) is 55.3 Å². The van der Waals surface area contributed by atoms with E-state index in [1.165, 1.54) is 18.3 Å². The van der Waals surface area contributed by atoms with E-state index in [1.807, 2.05) is 0 Å². The normalized spacial score (nSPS) is 9.00. The molecule has 0 saturated heterocycles. The number of carbonyl (C=O) groups is 2. The molecule has 1 aromatic rings. The maximum absolute atomic E-state index is 11.2. The second-order valence-electron chi connectivity index (χ2n) is 2.58. The van der Waals surface area contributed by atoms with Gasteiger partial charge in [0.05, 0.1) is 18.1 Å². The summed E-state index contributed by atoms with van der Waals surface area (Å²) in [5, 5.41) is 0. The first-order valence-electron chi connectivity index (χ1n) is 4.29. The Morgan fingerprint density at radius 2 is 1.75 bits per heavy atom. The Morgan fingerprint density at radius 1 is 1.12 bits per heavy atom. The molecule has 0 fully saturated rings. The molecule has 0 saturated carbocycles. The summed E-state index contributed by atoms with van der Waals surface area (Å²) in [4.78, 5) is 26.1. The third kappa shape index (κ3) is 2.78. The van der Waals surface area contributed by atoms with Crippen LogP contribution in [0.1, 0.15) is 20.8 Å². The number of rotatable bonds is 4. The van der Waals surface area contributed by atoms with Gasteiger partial charge in [0.15, 0.2) is 0 Å². The van der Waals surface area contributed by atoms with E-state index in [0.717, 1.165) is 12.5 Å². The Morgan fingerprint density at radius 3 is 2.25 bits per heavy atom. The lowest BCUT2D eigenvalue weighted by Crippen LogP contribution is -2.06. The predicted octanol–water partition coefficient (Wildman–Crippen LogP) is 1.68. The van der Waals surface area contributed by atoms with E-state index in [0.29, 0.717) is 0 Å². The van der Waals surface area contributed by atoms with Gasteiger partial charge in [0, 0.05) is 6.20 Å². The zero-order chi connectivity index (χ0) is 12.0. The zero-order valence-corrected chi connectivity index (χ0v) is 8.38. The fourth-order valence-corrected chi connectivity index (χ4v) is 0.915. The Balaban J connectivity index is 2.82. The minimum Gasteiger partial charge on any atom is -0.431 e. The Kier molecular flexibility index (Phi) is 3.97. The van der Waals surface area contributed by atoms with Crippen LogP contribution in [0.2, 0.25) is 0 Å². The van der Waals surface area contributed by atoms with Crippen LogP contribution in [0.15, 0.2) is 44.0 Å². The van der Waals surface area contributed by atoms with Gasteiger partial charge in [0.2, 0.25) is 0 Å². The summed E-state index contributed by atoms with van der Waals surface area (Å²) < 4.78 is 9.03. The van der Waals surface area contributed by atoms with Crippen LogP contribution in [0, 0.1) is 0 Å². The molecule has 0 spiro atoms. The number of nitrogens with zero attached hydrogens (tertiary/aromatic N) is 1. The van der Waals surface area contributed by atoms with Gasteiger partial charge >= 0.3 is 11.9 Å². The van der Waals surface area contributed by atoms with Crippen molar-refractivity contribution in [2.75, 3.05) is 0 Å². The molecule has 1 rings (SSSR count). The average molecular weight is 219 g/mol. The largest absolute Gasteiger partial charge is 0.431 e. The highest BCUT2D eigenvalue weighted by molar-refractivity contribution is 5.91. The van der Waals surface area contributed by atoms with Crippen molar-refractivity contribution in [3.8, 4) is 0 Å². The van der Waals surface area contributed by atoms with Crippen LogP contribution in [0.3, 0.4) is 0 Å². The van der Waals surface area contributed by atoms with Gasteiger partial charge in [0.1, 0.15) is 5.69 Å². The highest BCUT2D eigenvalue weighted by Crippen LogP contribution is 2.04. The van der Waals surface area contributed by atoms with E-state index < -0.39 is 11.9 Å². The lowest BCUT2D eigenvalue weighted by molar-refractivity contribution is 0.0644. The van der Waals surface area contributed by atoms with Gasteiger partial charge in [-0.15, -0.1) is 0 Å². The number of hydrogen-bond acceptors (Lipinski definition) is 5. The van der Waals surface area contributed by atoms with Crippen molar-refractivity contribution in [1.29, 1.82) is 0 Å². The van der Waals surface area contributed by atoms with Crippen LogP contribution >= 0.6 is 0 Å². The van der Waals surface area contributed by atoms with E-state index in [2.05, 4.69) is 27.6 Å². The van der Waals surface area contributed by atoms with Crippen molar-refractivity contribution in [2.45, 2.75) is 0 Å². The van der Waals surface area contributed by atoms with E-state index in [-0.39, 0.29) is 11.3 Å². The Bertz CT molecular complexity index is 381. The molecule has 0 bridgehead atoms. The van der Waals surface area contributed by atoms with Crippen LogP contribution in [-0.4, -0.2) is 16.9 Å². The summed E-state index contributed by atoms with van der Waals surface area (Å²) in [5.74, 6) is -1.23. The first-order chi connectivity index (χ1) is 7.69. The van der Waals surface area contributed by atoms with Crippen molar-refractivity contribution in [3.63, 3.8) is 0 Å². The van der Waals surface area contributed by atoms with Crippen LogP contribution in [-0.2, 0) is 9.47 Å². The van der Waals surface area contributed by atoms with Crippen molar-refractivity contribution in [1.82, 2.24) is 4.98 Å². The molecule has 0 atom stereocenters. The maximum Gasteiger partial charge on any atom is 0.361 e. The molecule has 0 amide bonds. The first-order valence-corrected chi connectivity index (χ1v) is 4.29. The van der Waals surface area contributed by atoms with Gasteiger partial charge in [-0.3, -0.25) is 0 Å². The molecule has 1 aromatic heterocycles. The van der Waals surface area contributed by atoms with Gasteiger partial charge in [-0.25, -0.2) is 14.6 Å². The SMILES string of the molecule is C=COC(=O)c1ccc(C(=O)OC=C)nc1. The summed E-state index contributed by atoms with van der Waals surface area (Å²) in [6, 6.07) is 2.75. The number of carbonyl (C=O) groups excluding carboxylic acids is 2. The summed E-state index contributed by atoms with van der Waals surface area (Å²) in [6.07, 6.45) is 3.23. The average Bonchev–Trinajstić information content (AvgIpc) is 2.30. The molecular formula is C11H9NO4. The van der Waals surface area contributed by atoms with Gasteiger partial charge in [0.25, 0.3) is 0 Å². The van der Waals surface area contributed by atoms with Crippen LogP contribution in [0.4, 0.5) is 0 Å². The van der Waals surface area contributed by atoms with Crippen LogP contribution < -0.4 is 0 Å². The molecule has 0 aliphatic carbocycles. The lowest BCUT2D eigenvalue weighted by atomic mass is 10.2. The second kappa shape index (κ2) is 5.45. The molecule has 0 aliphatic heterocycles. The number of esters is 2. The predicted molar refractivity (Wildman–Crippen MR) is 55.5 cm³/mol. The van der Waals surface area contributed by atoms with Gasteiger partial charge < -0.3 is 9.47 Å². The van der Waals surface area contributed by atoms with Crippen molar-refractivity contribution in [2.24, 2.45) is 0 Å². The summed E-state index contributed by atoms with van der Waals surface area (Å²) >= 11 is 0. The second-order valence-corrected chi connectivity index (χ2v) is 2.58. The molecule has 82 valence electrons. The molecule has 5 nitrogen and oxygen atoms in total. The maximum atomic E-state index is 11.2. The fourth-order valence-electron chi connectivity index (χ4n) is 0.915.